The highest BCUT2D eigenvalue weighted by molar-refractivity contribution is 5.89. The molecule has 0 fully saturated rings. The van der Waals surface area contributed by atoms with Crippen molar-refractivity contribution in [3.63, 3.8) is 0 Å². The van der Waals surface area contributed by atoms with E-state index in [2.05, 4.69) is 4.98 Å². The number of pyridine rings is 1. The van der Waals surface area contributed by atoms with Crippen LogP contribution in [-0.2, 0) is 0 Å². The molecule has 0 radical (unpaired) electrons. The topological polar surface area (TPSA) is 51.3 Å². The second-order valence-electron chi connectivity index (χ2n) is 4.65. The minimum absolute atomic E-state index is 0.0916. The van der Waals surface area contributed by atoms with Crippen LogP contribution in [0, 0.1) is 0 Å². The van der Waals surface area contributed by atoms with Gasteiger partial charge in [0.1, 0.15) is 11.5 Å². The van der Waals surface area contributed by atoms with Crippen LogP contribution in [0.2, 0.25) is 0 Å². The minimum atomic E-state index is -0.0916. The van der Waals surface area contributed by atoms with Crippen LogP contribution in [0.1, 0.15) is 0 Å². The van der Waals surface area contributed by atoms with E-state index in [0.717, 1.165) is 28.0 Å². The number of H-pyrrole nitrogens is 1. The van der Waals surface area contributed by atoms with Gasteiger partial charge < -0.3 is 14.5 Å². The van der Waals surface area contributed by atoms with Crippen molar-refractivity contribution in [2.24, 2.45) is 0 Å². The maximum absolute atomic E-state index is 11.8. The Labute approximate surface area is 122 Å². The van der Waals surface area contributed by atoms with Crippen LogP contribution in [-0.4, -0.2) is 19.2 Å². The molecule has 2 aromatic carbocycles. The van der Waals surface area contributed by atoms with Crippen LogP contribution in [0.15, 0.2) is 53.5 Å². The van der Waals surface area contributed by atoms with Gasteiger partial charge in [0.2, 0.25) is 0 Å². The Hall–Kier alpha value is -2.75. The molecule has 4 nitrogen and oxygen atoms in total. The number of nitrogens with one attached hydrogen (secondary N) is 1. The number of aromatic nitrogens is 1. The van der Waals surface area contributed by atoms with E-state index in [9.17, 15) is 4.79 Å². The molecule has 0 saturated carbocycles. The van der Waals surface area contributed by atoms with Crippen molar-refractivity contribution in [2.75, 3.05) is 14.2 Å². The molecular formula is C17H15NO3. The van der Waals surface area contributed by atoms with Crippen molar-refractivity contribution < 1.29 is 9.47 Å². The molecule has 0 spiro atoms. The molecule has 1 aromatic heterocycles. The molecule has 3 aromatic rings. The van der Waals surface area contributed by atoms with E-state index in [1.54, 1.807) is 20.4 Å². The third-order valence-electron chi connectivity index (χ3n) is 3.49. The highest BCUT2D eigenvalue weighted by Crippen LogP contribution is 2.38. The van der Waals surface area contributed by atoms with Crippen molar-refractivity contribution in [1.82, 2.24) is 4.98 Å². The molecule has 1 N–H and O–H groups in total. The molecule has 21 heavy (non-hydrogen) atoms. The summed E-state index contributed by atoms with van der Waals surface area (Å²) in [6, 6.07) is 13.2. The lowest BCUT2D eigenvalue weighted by molar-refractivity contribution is 0.397. The van der Waals surface area contributed by atoms with Gasteiger partial charge in [0.05, 0.1) is 19.8 Å². The number of benzene rings is 2. The smallest absolute Gasteiger partial charge is 0.255 e. The fourth-order valence-corrected chi connectivity index (χ4v) is 2.48. The van der Waals surface area contributed by atoms with E-state index in [4.69, 9.17) is 9.47 Å². The van der Waals surface area contributed by atoms with E-state index in [1.807, 2.05) is 42.5 Å². The Morgan fingerprint density at radius 1 is 0.952 bits per heavy atom. The molecule has 0 amide bonds. The summed E-state index contributed by atoms with van der Waals surface area (Å²) in [4.78, 5) is 14.4. The predicted molar refractivity (Wildman–Crippen MR) is 83.1 cm³/mol. The Kier molecular flexibility index (Phi) is 3.36. The minimum Gasteiger partial charge on any atom is -0.496 e. The summed E-state index contributed by atoms with van der Waals surface area (Å²) >= 11 is 0. The molecule has 0 unspecified atom stereocenters. The van der Waals surface area contributed by atoms with E-state index in [0.29, 0.717) is 5.39 Å². The lowest BCUT2D eigenvalue weighted by atomic mass is 10.0. The van der Waals surface area contributed by atoms with Crippen LogP contribution in [0.5, 0.6) is 11.5 Å². The van der Waals surface area contributed by atoms with E-state index in [-0.39, 0.29) is 5.56 Å². The first-order valence-electron chi connectivity index (χ1n) is 6.57. The summed E-state index contributed by atoms with van der Waals surface area (Å²) in [7, 11) is 3.26. The van der Waals surface area contributed by atoms with Crippen LogP contribution < -0.4 is 15.0 Å². The van der Waals surface area contributed by atoms with Crippen molar-refractivity contribution in [2.45, 2.75) is 0 Å². The van der Waals surface area contributed by atoms with Crippen LogP contribution in [0.25, 0.3) is 21.9 Å². The third kappa shape index (κ3) is 2.25. The molecule has 1 heterocycles. The third-order valence-corrected chi connectivity index (χ3v) is 3.49. The molecule has 0 aliphatic carbocycles. The van der Waals surface area contributed by atoms with Crippen molar-refractivity contribution in [3.05, 3.63) is 59.0 Å². The van der Waals surface area contributed by atoms with Gasteiger partial charge in [-0.2, -0.15) is 0 Å². The van der Waals surface area contributed by atoms with E-state index < -0.39 is 0 Å². The van der Waals surface area contributed by atoms with Gasteiger partial charge in [-0.15, -0.1) is 0 Å². The van der Waals surface area contributed by atoms with Crippen LogP contribution >= 0.6 is 0 Å². The fourth-order valence-electron chi connectivity index (χ4n) is 2.48. The fraction of sp³-hybridized carbons (Fsp3) is 0.118. The quantitative estimate of drug-likeness (QED) is 0.802. The van der Waals surface area contributed by atoms with Gasteiger partial charge >= 0.3 is 0 Å². The summed E-state index contributed by atoms with van der Waals surface area (Å²) in [5, 5.41) is 1.54. The standard InChI is InChI=1S/C17H15NO3/c1-20-14-4-3-5-15(21-2)16(14)12-6-7-13-11(10-12)8-9-18-17(13)19/h3-10H,1-2H3,(H,18,19). The van der Waals surface area contributed by atoms with Crippen molar-refractivity contribution in [3.8, 4) is 22.6 Å². The number of hydrogen-bond donors (Lipinski definition) is 1. The van der Waals surface area contributed by atoms with Gasteiger partial charge in [-0.3, -0.25) is 4.79 Å². The maximum Gasteiger partial charge on any atom is 0.255 e. The monoisotopic (exact) mass is 281 g/mol. The second kappa shape index (κ2) is 5.32. The number of methoxy groups -OCH3 is 2. The number of ether oxygens (including phenoxy) is 2. The summed E-state index contributed by atoms with van der Waals surface area (Å²) in [6.07, 6.45) is 1.65. The molecule has 0 aliphatic rings. The molecule has 0 bridgehead atoms. The van der Waals surface area contributed by atoms with Gasteiger partial charge in [0.15, 0.2) is 0 Å². The first-order chi connectivity index (χ1) is 10.2. The van der Waals surface area contributed by atoms with Gasteiger partial charge in [0, 0.05) is 11.6 Å². The number of aromatic amines is 1. The van der Waals surface area contributed by atoms with Crippen molar-refractivity contribution >= 4 is 10.8 Å². The largest absolute Gasteiger partial charge is 0.496 e. The summed E-state index contributed by atoms with van der Waals surface area (Å²) in [5.41, 5.74) is 1.73. The van der Waals surface area contributed by atoms with Crippen LogP contribution in [0.4, 0.5) is 0 Å². The Morgan fingerprint density at radius 3 is 2.33 bits per heavy atom. The summed E-state index contributed by atoms with van der Waals surface area (Å²) < 4.78 is 10.9. The van der Waals surface area contributed by atoms with Crippen molar-refractivity contribution in [1.29, 1.82) is 0 Å². The maximum atomic E-state index is 11.8. The normalized spacial score (nSPS) is 10.6. The lowest BCUT2D eigenvalue weighted by Gasteiger charge is -2.13. The zero-order valence-corrected chi connectivity index (χ0v) is 11.8. The molecule has 3 rings (SSSR count). The molecular weight excluding hydrogens is 266 g/mol. The highest BCUT2D eigenvalue weighted by atomic mass is 16.5. The molecule has 0 saturated heterocycles. The molecule has 0 aliphatic heterocycles. The predicted octanol–water partition coefficient (Wildman–Crippen LogP) is 3.21. The first-order valence-corrected chi connectivity index (χ1v) is 6.57. The molecule has 4 heteroatoms. The zero-order valence-electron chi connectivity index (χ0n) is 11.8. The Bertz CT molecular complexity index is 830. The molecule has 106 valence electrons. The van der Waals surface area contributed by atoms with Gasteiger partial charge in [-0.25, -0.2) is 0 Å². The van der Waals surface area contributed by atoms with Crippen LogP contribution in [0.3, 0.4) is 0 Å². The summed E-state index contributed by atoms with van der Waals surface area (Å²) in [6.45, 7) is 0. The average molecular weight is 281 g/mol. The average Bonchev–Trinajstić information content (AvgIpc) is 2.54. The number of hydrogen-bond acceptors (Lipinski definition) is 3. The SMILES string of the molecule is COc1cccc(OC)c1-c1ccc2c(=O)[nH]ccc2c1. The van der Waals surface area contributed by atoms with E-state index in [1.165, 1.54) is 0 Å². The second-order valence-corrected chi connectivity index (χ2v) is 4.65. The highest BCUT2D eigenvalue weighted by Gasteiger charge is 2.12. The molecule has 0 atom stereocenters. The lowest BCUT2D eigenvalue weighted by Crippen LogP contribution is -2.04. The summed E-state index contributed by atoms with van der Waals surface area (Å²) in [5.74, 6) is 1.47. The number of fused-ring (bicyclic) bond motifs is 1. The Balaban J connectivity index is 2.28. The van der Waals surface area contributed by atoms with Gasteiger partial charge in [-0.1, -0.05) is 12.1 Å². The Morgan fingerprint density at radius 2 is 1.67 bits per heavy atom. The van der Waals surface area contributed by atoms with Gasteiger partial charge in [-0.05, 0) is 41.3 Å². The van der Waals surface area contributed by atoms with Gasteiger partial charge in [0.25, 0.3) is 5.56 Å². The zero-order chi connectivity index (χ0) is 14.8. The van der Waals surface area contributed by atoms with E-state index >= 15 is 0 Å². The number of rotatable bonds is 3. The first kappa shape index (κ1) is 13.2.